The first kappa shape index (κ1) is 13.6. The average molecular weight is 256 g/mol. The zero-order valence-electron chi connectivity index (χ0n) is 9.82. The van der Waals surface area contributed by atoms with Gasteiger partial charge in [0.05, 0.1) is 5.75 Å². The summed E-state index contributed by atoms with van der Waals surface area (Å²) in [6, 6.07) is 1.35. The van der Waals surface area contributed by atoms with Crippen LogP contribution in [0.1, 0.15) is 20.3 Å². The Labute approximate surface area is 103 Å². The standard InChI is InChI=1S/C10H16N4O2S/c1-3-6(2)12-9(16)5-17-10-13-7(11)4-8(15)14-10/h4,6H,3,5H2,1-2H3,(H,12,16)(H3,11,13,14,15). The van der Waals surface area contributed by atoms with E-state index in [0.29, 0.717) is 5.16 Å². The summed E-state index contributed by atoms with van der Waals surface area (Å²) in [5.74, 6) is 0.268. The second-order valence-electron chi connectivity index (χ2n) is 3.64. The molecule has 0 aliphatic carbocycles. The minimum atomic E-state index is -0.317. The third-order valence-corrected chi connectivity index (χ3v) is 2.97. The van der Waals surface area contributed by atoms with Crippen molar-refractivity contribution < 1.29 is 4.79 Å². The van der Waals surface area contributed by atoms with Crippen molar-refractivity contribution in [3.63, 3.8) is 0 Å². The van der Waals surface area contributed by atoms with Gasteiger partial charge in [-0.25, -0.2) is 4.98 Å². The third kappa shape index (κ3) is 4.90. The van der Waals surface area contributed by atoms with Gasteiger partial charge in [-0.05, 0) is 13.3 Å². The van der Waals surface area contributed by atoms with Crippen LogP contribution in [0.4, 0.5) is 5.82 Å². The van der Waals surface area contributed by atoms with Crippen molar-refractivity contribution in [3.8, 4) is 0 Å². The molecule has 0 saturated heterocycles. The minimum Gasteiger partial charge on any atom is -0.383 e. The predicted octanol–water partition coefficient (Wildman–Crippen LogP) is 0.359. The summed E-state index contributed by atoms with van der Waals surface area (Å²) >= 11 is 1.15. The molecule has 0 saturated carbocycles. The number of H-pyrrole nitrogens is 1. The van der Waals surface area contributed by atoms with E-state index < -0.39 is 0 Å². The Hall–Kier alpha value is -1.50. The van der Waals surface area contributed by atoms with E-state index in [1.807, 2.05) is 13.8 Å². The molecule has 1 heterocycles. The van der Waals surface area contributed by atoms with Crippen molar-refractivity contribution in [2.75, 3.05) is 11.5 Å². The number of nitrogens with one attached hydrogen (secondary N) is 2. The number of nitrogens with zero attached hydrogens (tertiary/aromatic N) is 1. The van der Waals surface area contributed by atoms with E-state index in [4.69, 9.17) is 5.73 Å². The molecule has 0 radical (unpaired) electrons. The zero-order chi connectivity index (χ0) is 12.8. The van der Waals surface area contributed by atoms with E-state index in [0.717, 1.165) is 18.2 Å². The van der Waals surface area contributed by atoms with E-state index in [2.05, 4.69) is 15.3 Å². The number of rotatable bonds is 5. The Morgan fingerprint density at radius 2 is 2.41 bits per heavy atom. The summed E-state index contributed by atoms with van der Waals surface area (Å²) in [7, 11) is 0. The minimum absolute atomic E-state index is 0.0885. The lowest BCUT2D eigenvalue weighted by Gasteiger charge is -2.10. The molecule has 0 spiro atoms. The highest BCUT2D eigenvalue weighted by Crippen LogP contribution is 2.11. The molecule has 1 rings (SSSR count). The molecule has 1 amide bonds. The van der Waals surface area contributed by atoms with Gasteiger partial charge in [0, 0.05) is 12.1 Å². The lowest BCUT2D eigenvalue weighted by atomic mass is 10.3. The maximum Gasteiger partial charge on any atom is 0.253 e. The fourth-order valence-corrected chi connectivity index (χ4v) is 1.77. The van der Waals surface area contributed by atoms with E-state index in [-0.39, 0.29) is 29.1 Å². The molecule has 1 unspecified atom stereocenters. The highest BCUT2D eigenvalue weighted by Gasteiger charge is 2.07. The highest BCUT2D eigenvalue weighted by atomic mass is 32.2. The van der Waals surface area contributed by atoms with Crippen LogP contribution < -0.4 is 16.6 Å². The first-order chi connectivity index (χ1) is 8.01. The molecule has 0 aliphatic heterocycles. The molecule has 0 aliphatic rings. The summed E-state index contributed by atoms with van der Waals surface area (Å²) in [6.45, 7) is 3.93. The molecule has 6 nitrogen and oxygen atoms in total. The van der Waals surface area contributed by atoms with E-state index in [1.165, 1.54) is 6.07 Å². The lowest BCUT2D eigenvalue weighted by Crippen LogP contribution is -2.33. The Balaban J connectivity index is 2.50. The Morgan fingerprint density at radius 3 is 3.00 bits per heavy atom. The molecule has 1 aromatic heterocycles. The first-order valence-corrected chi connectivity index (χ1v) is 6.28. The van der Waals surface area contributed by atoms with Gasteiger partial charge in [-0.1, -0.05) is 18.7 Å². The van der Waals surface area contributed by atoms with Gasteiger partial charge in [0.2, 0.25) is 5.91 Å². The Bertz CT molecular complexity index is 446. The van der Waals surface area contributed by atoms with Crippen LogP contribution in [0, 0.1) is 0 Å². The van der Waals surface area contributed by atoms with Gasteiger partial charge < -0.3 is 16.0 Å². The number of hydrogen-bond acceptors (Lipinski definition) is 5. The van der Waals surface area contributed by atoms with Crippen LogP contribution in [0.5, 0.6) is 0 Å². The highest BCUT2D eigenvalue weighted by molar-refractivity contribution is 7.99. The number of amides is 1. The van der Waals surface area contributed by atoms with Crippen LogP contribution in [-0.2, 0) is 4.79 Å². The van der Waals surface area contributed by atoms with Gasteiger partial charge in [-0.3, -0.25) is 9.59 Å². The van der Waals surface area contributed by atoms with Gasteiger partial charge in [0.1, 0.15) is 5.82 Å². The number of thioether (sulfide) groups is 1. The SMILES string of the molecule is CCC(C)NC(=O)CSc1nc(N)cc(=O)[nH]1. The van der Waals surface area contributed by atoms with Crippen LogP contribution >= 0.6 is 11.8 Å². The van der Waals surface area contributed by atoms with Crippen molar-refractivity contribution >= 4 is 23.5 Å². The molecule has 0 fully saturated rings. The van der Waals surface area contributed by atoms with Gasteiger partial charge in [0.15, 0.2) is 5.16 Å². The fourth-order valence-electron chi connectivity index (χ4n) is 1.07. The molecular weight excluding hydrogens is 240 g/mol. The first-order valence-electron chi connectivity index (χ1n) is 5.30. The molecular formula is C10H16N4O2S. The number of carbonyl (C=O) groups excluding carboxylic acids is 1. The van der Waals surface area contributed by atoms with Gasteiger partial charge in [-0.15, -0.1) is 0 Å². The van der Waals surface area contributed by atoms with E-state index >= 15 is 0 Å². The van der Waals surface area contributed by atoms with Crippen molar-refractivity contribution in [3.05, 3.63) is 16.4 Å². The van der Waals surface area contributed by atoms with Crippen molar-refractivity contribution in [1.29, 1.82) is 0 Å². The quantitative estimate of drug-likeness (QED) is 0.521. The molecule has 1 aromatic rings. The van der Waals surface area contributed by atoms with Crippen molar-refractivity contribution in [2.24, 2.45) is 0 Å². The van der Waals surface area contributed by atoms with Gasteiger partial charge >= 0.3 is 0 Å². The van der Waals surface area contributed by atoms with Gasteiger partial charge in [-0.2, -0.15) is 0 Å². The number of aromatic amines is 1. The normalized spacial score (nSPS) is 12.1. The number of nitrogens with two attached hydrogens (primary N) is 1. The van der Waals surface area contributed by atoms with Gasteiger partial charge in [0.25, 0.3) is 5.56 Å². The number of aromatic nitrogens is 2. The molecule has 4 N–H and O–H groups in total. The van der Waals surface area contributed by atoms with Crippen LogP contribution in [0.3, 0.4) is 0 Å². The topological polar surface area (TPSA) is 101 Å². The second-order valence-corrected chi connectivity index (χ2v) is 4.60. The largest absolute Gasteiger partial charge is 0.383 e. The molecule has 7 heteroatoms. The summed E-state index contributed by atoms with van der Waals surface area (Å²) < 4.78 is 0. The van der Waals surface area contributed by atoms with Crippen LogP contribution in [0.25, 0.3) is 0 Å². The van der Waals surface area contributed by atoms with Crippen molar-refractivity contribution in [2.45, 2.75) is 31.5 Å². The Morgan fingerprint density at radius 1 is 1.71 bits per heavy atom. The fraction of sp³-hybridized carbons (Fsp3) is 0.500. The molecule has 0 aromatic carbocycles. The summed E-state index contributed by atoms with van der Waals surface area (Å²) in [5, 5.41) is 3.17. The van der Waals surface area contributed by atoms with Crippen LogP contribution in [0.2, 0.25) is 0 Å². The smallest absolute Gasteiger partial charge is 0.253 e. The van der Waals surface area contributed by atoms with Crippen molar-refractivity contribution in [1.82, 2.24) is 15.3 Å². The average Bonchev–Trinajstić information content (AvgIpc) is 2.25. The maximum absolute atomic E-state index is 11.5. The number of anilines is 1. The summed E-state index contributed by atoms with van der Waals surface area (Å²) in [6.07, 6.45) is 0.879. The summed E-state index contributed by atoms with van der Waals surface area (Å²) in [5.41, 5.74) is 5.11. The number of carbonyl (C=O) groups is 1. The second kappa shape index (κ2) is 6.29. The Kier molecular flexibility index (Phi) is 5.02. The molecule has 94 valence electrons. The van der Waals surface area contributed by atoms with Crippen LogP contribution in [-0.4, -0.2) is 27.7 Å². The number of nitrogen functional groups attached to an aromatic ring is 1. The predicted molar refractivity (Wildman–Crippen MR) is 67.9 cm³/mol. The molecule has 0 bridgehead atoms. The third-order valence-electron chi connectivity index (χ3n) is 2.10. The van der Waals surface area contributed by atoms with E-state index in [9.17, 15) is 9.59 Å². The lowest BCUT2D eigenvalue weighted by molar-refractivity contribution is -0.119. The monoisotopic (exact) mass is 256 g/mol. The molecule has 1 atom stereocenters. The maximum atomic E-state index is 11.5. The van der Waals surface area contributed by atoms with Crippen LogP contribution in [0.15, 0.2) is 16.0 Å². The zero-order valence-corrected chi connectivity index (χ0v) is 10.6. The van der Waals surface area contributed by atoms with E-state index in [1.54, 1.807) is 0 Å². The molecule has 17 heavy (non-hydrogen) atoms. The number of hydrogen-bond donors (Lipinski definition) is 3. The summed E-state index contributed by atoms with van der Waals surface area (Å²) in [4.78, 5) is 29.0.